The first-order valence-corrected chi connectivity index (χ1v) is 53.6. The number of aryl methyl sites for hydroxylation is 12. The van der Waals surface area contributed by atoms with Gasteiger partial charge in [-0.25, -0.2) is 0 Å². The number of rotatable bonds is 29. The van der Waals surface area contributed by atoms with Gasteiger partial charge in [-0.05, 0) is 235 Å². The van der Waals surface area contributed by atoms with Crippen molar-refractivity contribution in [3.05, 3.63) is 490 Å². The Morgan fingerprint density at radius 2 is 0.457 bits per heavy atom. The molecule has 18 heteroatoms. The van der Waals surface area contributed by atoms with Gasteiger partial charge in [0.15, 0.2) is 24.4 Å². The van der Waals surface area contributed by atoms with Crippen LogP contribution in [-0.2, 0) is 0 Å². The smallest absolute Gasteiger partial charge is 0.464 e. The van der Waals surface area contributed by atoms with Crippen molar-refractivity contribution in [2.75, 3.05) is 0 Å². The van der Waals surface area contributed by atoms with Crippen LogP contribution in [0.1, 0.15) is 77.9 Å². The lowest BCUT2D eigenvalue weighted by atomic mass is 9.88. The average Bonchev–Trinajstić information content (AvgIpc) is 0.937. The second-order valence-electron chi connectivity index (χ2n) is 34.3. The van der Waals surface area contributed by atoms with Crippen LogP contribution in [0.4, 0.5) is 0 Å². The first-order chi connectivity index (χ1) is 68.2. The van der Waals surface area contributed by atoms with E-state index in [4.69, 9.17) is 53.6 Å². The second kappa shape index (κ2) is 46.2. The molecule has 0 bridgehead atoms. The molecule has 0 amide bonds. The fourth-order valence-corrected chi connectivity index (χ4v) is 25.4. The summed E-state index contributed by atoms with van der Waals surface area (Å²) in [6, 6.07) is 140. The van der Waals surface area contributed by atoms with Gasteiger partial charge in [0.25, 0.3) is 0 Å². The van der Waals surface area contributed by atoms with Gasteiger partial charge in [0.1, 0.15) is 68.7 Å². The molecule has 1 aromatic heterocycles. The minimum absolute atomic E-state index is 0.653. The maximum absolute atomic E-state index is 7.32. The Kier molecular flexibility index (Phi) is 32.2. The van der Waals surface area contributed by atoms with Gasteiger partial charge < -0.3 is 53.6 Å². The quantitative estimate of drug-likeness (QED) is 0.0415. The largest absolute Gasteiger partial charge is 0.530 e. The summed E-state index contributed by atoms with van der Waals surface area (Å²) in [7, 11) is -9.08. The number of hydrogen-bond acceptors (Lipinski definition) is 12. The molecule has 0 saturated carbocycles. The molecular weight excluding hydrogens is 1840 g/mol. The molecule has 1 heterocycles. The number of fused-ring (bicyclic) bond motifs is 3. The number of para-hydroxylation sites is 8. The Hall–Kier alpha value is -14.0. The fraction of sp³-hybridized carbons (Fsp3) is 0.115. The molecule has 0 fully saturated rings. The molecule has 0 spiro atoms. The van der Waals surface area contributed by atoms with Crippen LogP contribution in [0.15, 0.2) is 421 Å². The molecule has 18 aromatic carbocycles. The highest BCUT2D eigenvalue weighted by atomic mass is 31.2. The van der Waals surface area contributed by atoms with E-state index >= 15 is 0 Å². The van der Waals surface area contributed by atoms with Crippen LogP contribution in [0, 0.1) is 96.9 Å². The normalized spacial score (nSPS) is 11.1. The molecule has 0 N–H and O–H groups in total. The molecule has 140 heavy (non-hydrogen) atoms. The Labute approximate surface area is 829 Å². The summed E-state index contributed by atoms with van der Waals surface area (Å²) in [5.74, 6) is 7.43. The molecule has 0 aliphatic heterocycles. The first-order valence-electron chi connectivity index (χ1n) is 46.5. The molecule has 12 nitrogen and oxygen atoms in total. The lowest BCUT2D eigenvalue weighted by Gasteiger charge is -2.28. The minimum atomic E-state index is -1.93. The van der Waals surface area contributed by atoms with E-state index in [0.717, 1.165) is 205 Å². The van der Waals surface area contributed by atoms with Crippen molar-refractivity contribution >= 4 is 104 Å². The van der Waals surface area contributed by atoms with E-state index < -0.39 is 49.9 Å². The number of hydrogen-bond donors (Lipinski definition) is 0. The predicted molar refractivity (Wildman–Crippen MR) is 587 cm³/mol. The van der Waals surface area contributed by atoms with Crippen LogP contribution < -0.4 is 77.1 Å². The van der Waals surface area contributed by atoms with E-state index in [1.807, 2.05) is 252 Å². The van der Waals surface area contributed by atoms with Crippen LogP contribution >= 0.6 is 49.9 Å². The summed E-state index contributed by atoms with van der Waals surface area (Å²) in [6.45, 7) is 29.4. The highest BCUT2D eigenvalue weighted by Crippen LogP contribution is 2.57. The Morgan fingerprint density at radius 1 is 0.193 bits per heavy atom. The molecule has 0 radical (unpaired) electrons. The minimum Gasteiger partial charge on any atom is -0.464 e. The van der Waals surface area contributed by atoms with Gasteiger partial charge in [-0.2, -0.15) is 0 Å². The summed E-state index contributed by atoms with van der Waals surface area (Å²) in [5.41, 5.74) is 22.1. The zero-order valence-corrected chi connectivity index (χ0v) is 86.2. The molecule has 700 valence electrons. The van der Waals surface area contributed by atoms with Gasteiger partial charge in [0.2, 0.25) is 0 Å². The van der Waals surface area contributed by atoms with Crippen molar-refractivity contribution in [2.45, 2.75) is 96.9 Å². The van der Waals surface area contributed by atoms with Crippen molar-refractivity contribution in [3.63, 3.8) is 0 Å². The van der Waals surface area contributed by atoms with Crippen molar-refractivity contribution in [1.29, 1.82) is 0 Å². The van der Waals surface area contributed by atoms with Gasteiger partial charge in [-0.1, -0.05) is 352 Å². The maximum Gasteiger partial charge on any atom is 0.530 e. The topological polar surface area (TPSA) is 119 Å². The summed E-state index contributed by atoms with van der Waals surface area (Å²) in [6.07, 6.45) is 0. The zero-order chi connectivity index (χ0) is 97.1. The molecule has 0 aliphatic rings. The SMILES string of the molecule is Cc1cc(C)c(OP(Oc2ccccc2C)Oc2ccccc2C)c(-c2cc(C)cc(C)c2OP(c2ccccc2)c2ccccc2)c1.Cc1ccccc1OP(Oc1ccccc1C)Oc1c(C)c(C)cc(C)c1-c1c(C)cc(C)c(C)c1OP(c1ccccc1)c1ccccc1.c1ccc(P(Oc2ccccc2-c2ccccc2Op2oc3ccccc3c3ccccc3o2)c2ccccc2)cc1. The van der Waals surface area contributed by atoms with Crippen LogP contribution in [0.25, 0.3) is 55.3 Å². The molecular formula is C122H110O12P6. The lowest BCUT2D eigenvalue weighted by molar-refractivity contribution is 0.384. The molecule has 0 saturated heterocycles. The van der Waals surface area contributed by atoms with E-state index in [2.05, 4.69) is 257 Å². The summed E-state index contributed by atoms with van der Waals surface area (Å²) >= 11 is 0. The van der Waals surface area contributed by atoms with Gasteiger partial charge >= 0.3 is 25.4 Å². The van der Waals surface area contributed by atoms with Crippen LogP contribution in [0.3, 0.4) is 0 Å². The highest BCUT2D eigenvalue weighted by Gasteiger charge is 2.34. The Balaban J connectivity index is 0.000000145. The zero-order valence-electron chi connectivity index (χ0n) is 80.8. The first kappa shape index (κ1) is 97.6. The average molecular weight is 1950 g/mol. The van der Waals surface area contributed by atoms with Gasteiger partial charge in [-0.3, -0.25) is 0 Å². The lowest BCUT2D eigenvalue weighted by Crippen LogP contribution is -2.16. The monoisotopic (exact) mass is 1950 g/mol. The summed E-state index contributed by atoms with van der Waals surface area (Å²) < 4.78 is 80.8. The molecule has 19 aromatic rings. The van der Waals surface area contributed by atoms with E-state index in [-0.39, 0.29) is 0 Å². The van der Waals surface area contributed by atoms with E-state index in [9.17, 15) is 0 Å². The van der Waals surface area contributed by atoms with Crippen LogP contribution in [0.2, 0.25) is 0 Å². The predicted octanol–water partition coefficient (Wildman–Crippen LogP) is 33.6. The molecule has 0 aliphatic carbocycles. The Morgan fingerprint density at radius 3 is 0.807 bits per heavy atom. The van der Waals surface area contributed by atoms with Gasteiger partial charge in [0, 0.05) is 76.0 Å². The molecule has 19 rings (SSSR count). The fourth-order valence-electron chi connectivity index (χ4n) is 16.5. The third-order valence-electron chi connectivity index (χ3n) is 23.9. The highest BCUT2D eigenvalue weighted by molar-refractivity contribution is 7.69. The van der Waals surface area contributed by atoms with Crippen molar-refractivity contribution < 1.29 is 53.6 Å². The van der Waals surface area contributed by atoms with Crippen molar-refractivity contribution in [3.8, 4) is 90.9 Å². The third-order valence-corrected chi connectivity index (χ3v) is 32.7. The van der Waals surface area contributed by atoms with Crippen molar-refractivity contribution in [1.82, 2.24) is 0 Å². The van der Waals surface area contributed by atoms with Crippen LogP contribution in [0.5, 0.6) is 57.5 Å². The summed E-state index contributed by atoms with van der Waals surface area (Å²) in [4.78, 5) is 0. The van der Waals surface area contributed by atoms with E-state index in [0.29, 0.717) is 11.5 Å². The van der Waals surface area contributed by atoms with E-state index in [1.165, 1.54) is 5.56 Å². The number of benzene rings is 18. The van der Waals surface area contributed by atoms with Gasteiger partial charge in [0.05, 0.1) is 0 Å². The summed E-state index contributed by atoms with van der Waals surface area (Å²) in [5, 5.41) is 8.80. The van der Waals surface area contributed by atoms with Gasteiger partial charge in [-0.15, -0.1) is 0 Å². The standard InChI is InChI=1S/C44H44O4P2.C42H40O4P2.C36H26O4P2/c1-29-19-15-17-25-39(29)45-50(46-40-26-18-16-20-30(40)2)48-44-36(8)32(4)28-34(6)42(44)41-33(5)27-31(3)35(7)43(41)47-49(37-21-11-9-12-22-37)38-23-13-10-14-24-38;1-29-25-33(5)41(45-47(35-19-9-7-10-20-35)36-21-11-8-12-22-36)37(27-29)38-28-30(2)26-34(6)42(38)46-48(43-39-23-15-13-17-31(39)3)44-40-24-16-14-18-32(40)4;1-3-15-27(16-4-1)41(28-17-5-2-6-18-28)37-33-23-11-7-19-29(33)30-20-8-12-24-34(30)38-42-39-35-25-13-9-21-31(35)32-22-10-14-26-36(32)40-42/h9-28H,1-8H3;7-28H,1-6H3;1-26H. The molecule has 0 atom stereocenters. The molecule has 0 unspecified atom stereocenters. The van der Waals surface area contributed by atoms with E-state index in [1.54, 1.807) is 0 Å². The van der Waals surface area contributed by atoms with Crippen molar-refractivity contribution in [2.24, 2.45) is 0 Å². The maximum atomic E-state index is 7.32. The second-order valence-corrected chi connectivity index (χ2v) is 42.7. The van der Waals surface area contributed by atoms with Crippen LogP contribution in [-0.4, -0.2) is 0 Å². The third kappa shape index (κ3) is 23.6. The Bertz CT molecular complexity index is 7270.